The van der Waals surface area contributed by atoms with Gasteiger partial charge in [0.1, 0.15) is 11.5 Å². The van der Waals surface area contributed by atoms with Gasteiger partial charge in [-0.15, -0.1) is 0 Å². The number of hydrogen-bond donors (Lipinski definition) is 1. The fraction of sp³-hybridized carbons (Fsp3) is 0. The molecular weight excluding hydrogens is 242 g/mol. The number of halogens is 3. The third-order valence-electron chi connectivity index (χ3n) is 1.80. The number of benzene rings is 1. The number of nitrogen functional groups attached to an aromatic ring is 1. The number of rotatable bonds is 1. The SMILES string of the molecule is Nc1cc(-c2cc(Cl)cc(F)c2Cl)no1. The fourth-order valence-corrected chi connectivity index (χ4v) is 1.57. The van der Waals surface area contributed by atoms with Gasteiger partial charge in [0, 0.05) is 16.7 Å². The monoisotopic (exact) mass is 246 g/mol. The van der Waals surface area contributed by atoms with E-state index in [4.69, 9.17) is 28.9 Å². The fourth-order valence-electron chi connectivity index (χ4n) is 1.16. The van der Waals surface area contributed by atoms with Crippen molar-refractivity contribution in [3.05, 3.63) is 34.1 Å². The minimum atomic E-state index is -0.610. The summed E-state index contributed by atoms with van der Waals surface area (Å²) in [6.07, 6.45) is 0. The van der Waals surface area contributed by atoms with Gasteiger partial charge in [0.05, 0.1) is 5.02 Å². The molecule has 2 N–H and O–H groups in total. The average Bonchev–Trinajstić information content (AvgIpc) is 2.58. The standard InChI is InChI=1S/C9H5Cl2FN2O/c10-4-1-5(9(11)6(12)2-4)7-3-8(13)15-14-7/h1-3H,13H2. The van der Waals surface area contributed by atoms with Crippen LogP contribution >= 0.6 is 23.2 Å². The summed E-state index contributed by atoms with van der Waals surface area (Å²) in [6, 6.07) is 4.05. The normalized spacial score (nSPS) is 10.6. The van der Waals surface area contributed by atoms with Gasteiger partial charge in [-0.3, -0.25) is 0 Å². The molecule has 0 spiro atoms. The number of nitrogens with zero attached hydrogens (tertiary/aromatic N) is 1. The van der Waals surface area contributed by atoms with Crippen LogP contribution in [0.25, 0.3) is 11.3 Å². The van der Waals surface area contributed by atoms with E-state index in [0.29, 0.717) is 11.3 Å². The van der Waals surface area contributed by atoms with Gasteiger partial charge in [-0.2, -0.15) is 0 Å². The Labute approximate surface area is 94.6 Å². The molecule has 0 saturated heterocycles. The average molecular weight is 247 g/mol. The van der Waals surface area contributed by atoms with Gasteiger partial charge in [-0.05, 0) is 12.1 Å². The second-order valence-corrected chi connectivity index (χ2v) is 3.68. The van der Waals surface area contributed by atoms with Crippen LogP contribution in [0.4, 0.5) is 10.3 Å². The van der Waals surface area contributed by atoms with Crippen LogP contribution in [-0.2, 0) is 0 Å². The molecule has 1 heterocycles. The van der Waals surface area contributed by atoms with E-state index in [2.05, 4.69) is 9.68 Å². The van der Waals surface area contributed by atoms with Crippen molar-refractivity contribution in [2.45, 2.75) is 0 Å². The molecule has 0 atom stereocenters. The van der Waals surface area contributed by atoms with E-state index in [-0.39, 0.29) is 15.9 Å². The third kappa shape index (κ3) is 1.91. The predicted molar refractivity (Wildman–Crippen MR) is 56.3 cm³/mol. The molecule has 3 nitrogen and oxygen atoms in total. The van der Waals surface area contributed by atoms with Crippen LogP contribution in [0.1, 0.15) is 0 Å². The van der Waals surface area contributed by atoms with E-state index in [1.54, 1.807) is 0 Å². The molecule has 0 amide bonds. The highest BCUT2D eigenvalue weighted by atomic mass is 35.5. The summed E-state index contributed by atoms with van der Waals surface area (Å²) < 4.78 is 17.9. The number of aromatic nitrogens is 1. The maximum Gasteiger partial charge on any atom is 0.222 e. The Morgan fingerprint density at radius 1 is 1.27 bits per heavy atom. The molecule has 6 heteroatoms. The lowest BCUT2D eigenvalue weighted by atomic mass is 10.1. The van der Waals surface area contributed by atoms with Crippen molar-refractivity contribution >= 4 is 29.1 Å². The highest BCUT2D eigenvalue weighted by Gasteiger charge is 2.13. The molecule has 1 aromatic carbocycles. The second-order valence-electron chi connectivity index (χ2n) is 2.86. The summed E-state index contributed by atoms with van der Waals surface area (Å²) in [4.78, 5) is 0. The maximum atomic E-state index is 13.2. The van der Waals surface area contributed by atoms with E-state index < -0.39 is 5.82 Å². The van der Waals surface area contributed by atoms with Crippen LogP contribution in [0.3, 0.4) is 0 Å². The molecule has 15 heavy (non-hydrogen) atoms. The van der Waals surface area contributed by atoms with Crippen molar-refractivity contribution in [2.24, 2.45) is 0 Å². The van der Waals surface area contributed by atoms with Crippen molar-refractivity contribution in [3.8, 4) is 11.3 Å². The summed E-state index contributed by atoms with van der Waals surface area (Å²) in [6.45, 7) is 0. The van der Waals surface area contributed by atoms with Crippen LogP contribution < -0.4 is 5.73 Å². The topological polar surface area (TPSA) is 52.0 Å². The Morgan fingerprint density at radius 2 is 2.00 bits per heavy atom. The summed E-state index contributed by atoms with van der Waals surface area (Å²) in [5, 5.41) is 3.79. The van der Waals surface area contributed by atoms with Crippen LogP contribution in [0.2, 0.25) is 10.0 Å². The van der Waals surface area contributed by atoms with Crippen molar-refractivity contribution in [3.63, 3.8) is 0 Å². The van der Waals surface area contributed by atoms with Crippen LogP contribution in [0, 0.1) is 5.82 Å². The maximum absolute atomic E-state index is 13.2. The molecule has 0 bridgehead atoms. The molecule has 0 aliphatic carbocycles. The van der Waals surface area contributed by atoms with E-state index >= 15 is 0 Å². The van der Waals surface area contributed by atoms with Crippen molar-refractivity contribution < 1.29 is 8.91 Å². The highest BCUT2D eigenvalue weighted by Crippen LogP contribution is 2.32. The lowest BCUT2D eigenvalue weighted by Crippen LogP contribution is -1.84. The first-order valence-electron chi connectivity index (χ1n) is 3.95. The van der Waals surface area contributed by atoms with E-state index in [1.807, 2.05) is 0 Å². The van der Waals surface area contributed by atoms with Crippen LogP contribution in [-0.4, -0.2) is 5.16 Å². The van der Waals surface area contributed by atoms with Crippen molar-refractivity contribution in [1.29, 1.82) is 0 Å². The highest BCUT2D eigenvalue weighted by molar-refractivity contribution is 6.35. The zero-order chi connectivity index (χ0) is 11.0. The first-order chi connectivity index (χ1) is 7.08. The Hall–Kier alpha value is -1.26. The molecule has 2 rings (SSSR count). The number of hydrogen-bond acceptors (Lipinski definition) is 3. The molecule has 0 aliphatic heterocycles. The summed E-state index contributed by atoms with van der Waals surface area (Å²) in [5.41, 5.74) is 6.04. The lowest BCUT2D eigenvalue weighted by Gasteiger charge is -2.01. The second kappa shape index (κ2) is 3.72. The van der Waals surface area contributed by atoms with Crippen LogP contribution in [0.15, 0.2) is 22.7 Å². The molecule has 0 unspecified atom stereocenters. The van der Waals surface area contributed by atoms with E-state index in [0.717, 1.165) is 6.07 Å². The molecule has 0 aliphatic rings. The quantitative estimate of drug-likeness (QED) is 0.786. The van der Waals surface area contributed by atoms with Gasteiger partial charge in [-0.1, -0.05) is 28.4 Å². The molecule has 2 aromatic rings. The Balaban J connectivity index is 2.62. The zero-order valence-corrected chi connectivity index (χ0v) is 8.81. The van der Waals surface area contributed by atoms with Gasteiger partial charge in [0.2, 0.25) is 5.88 Å². The van der Waals surface area contributed by atoms with Gasteiger partial charge in [0.25, 0.3) is 0 Å². The first kappa shape index (κ1) is 10.3. The van der Waals surface area contributed by atoms with Crippen molar-refractivity contribution in [2.75, 3.05) is 5.73 Å². The third-order valence-corrected chi connectivity index (χ3v) is 2.40. The van der Waals surface area contributed by atoms with E-state index in [9.17, 15) is 4.39 Å². The lowest BCUT2D eigenvalue weighted by molar-refractivity contribution is 0.439. The Morgan fingerprint density at radius 3 is 2.60 bits per heavy atom. The molecular formula is C9H5Cl2FN2O. The largest absolute Gasteiger partial charge is 0.368 e. The smallest absolute Gasteiger partial charge is 0.222 e. The van der Waals surface area contributed by atoms with Gasteiger partial charge < -0.3 is 10.3 Å². The zero-order valence-electron chi connectivity index (χ0n) is 7.30. The Kier molecular flexibility index (Phi) is 2.54. The number of anilines is 1. The van der Waals surface area contributed by atoms with Gasteiger partial charge >= 0.3 is 0 Å². The van der Waals surface area contributed by atoms with Crippen LogP contribution in [0.5, 0.6) is 0 Å². The Bertz CT molecular complexity index is 513. The molecule has 78 valence electrons. The summed E-state index contributed by atoms with van der Waals surface area (Å²) >= 11 is 11.4. The summed E-state index contributed by atoms with van der Waals surface area (Å²) in [5.74, 6) is -0.484. The molecule has 0 radical (unpaired) electrons. The number of nitrogens with two attached hydrogens (primary N) is 1. The summed E-state index contributed by atoms with van der Waals surface area (Å²) in [7, 11) is 0. The van der Waals surface area contributed by atoms with Gasteiger partial charge in [0.15, 0.2) is 0 Å². The molecule has 1 aromatic heterocycles. The van der Waals surface area contributed by atoms with Crippen molar-refractivity contribution in [1.82, 2.24) is 5.16 Å². The predicted octanol–water partition coefficient (Wildman–Crippen LogP) is 3.37. The van der Waals surface area contributed by atoms with Gasteiger partial charge in [-0.25, -0.2) is 4.39 Å². The minimum Gasteiger partial charge on any atom is -0.368 e. The molecule has 0 fully saturated rings. The minimum absolute atomic E-state index is 0.0623. The molecule has 0 saturated carbocycles. The first-order valence-corrected chi connectivity index (χ1v) is 4.70. The van der Waals surface area contributed by atoms with E-state index in [1.165, 1.54) is 12.1 Å².